The molecular formula is C16H16BrN3O3. The Hall–Kier alpha value is -2.41. The maximum atomic E-state index is 12.2. The third-order valence-electron chi connectivity index (χ3n) is 3.42. The Kier molecular flexibility index (Phi) is 5.00. The number of aromatic nitrogens is 1. The Bertz CT molecular complexity index is 796. The number of benzene rings is 1. The molecule has 120 valence electrons. The van der Waals surface area contributed by atoms with Gasteiger partial charge in [-0.2, -0.15) is 0 Å². The van der Waals surface area contributed by atoms with Crippen LogP contribution in [0, 0.1) is 13.8 Å². The molecule has 0 atom stereocenters. The Morgan fingerprint density at radius 3 is 2.22 bits per heavy atom. The van der Waals surface area contributed by atoms with Gasteiger partial charge in [0.05, 0.1) is 5.56 Å². The highest BCUT2D eigenvalue weighted by atomic mass is 79.9. The van der Waals surface area contributed by atoms with E-state index >= 15 is 0 Å². The summed E-state index contributed by atoms with van der Waals surface area (Å²) in [7, 11) is 0. The largest absolute Gasteiger partial charge is 0.354 e. The third-order valence-corrected chi connectivity index (χ3v) is 4.12. The molecule has 0 spiro atoms. The molecule has 0 radical (unpaired) electrons. The van der Waals surface area contributed by atoms with Crippen LogP contribution in [0.15, 0.2) is 28.7 Å². The fourth-order valence-electron chi connectivity index (χ4n) is 2.39. The number of aryl methyl sites for hydroxylation is 1. The molecule has 0 aliphatic rings. The SMILES string of the molecule is CC(=O)c1c(C)[nH]c(C(=O)NNC(=O)c2ccccc2Br)c1C. The maximum absolute atomic E-state index is 12.2. The monoisotopic (exact) mass is 377 g/mol. The van der Waals surface area contributed by atoms with Crippen LogP contribution in [-0.4, -0.2) is 22.6 Å². The summed E-state index contributed by atoms with van der Waals surface area (Å²) >= 11 is 3.27. The normalized spacial score (nSPS) is 10.3. The Morgan fingerprint density at radius 1 is 1.04 bits per heavy atom. The number of hydrogen-bond acceptors (Lipinski definition) is 3. The summed E-state index contributed by atoms with van der Waals surface area (Å²) in [5.41, 5.74) is 7.02. The number of hydrogen-bond donors (Lipinski definition) is 3. The molecule has 3 N–H and O–H groups in total. The first kappa shape index (κ1) is 17.0. The summed E-state index contributed by atoms with van der Waals surface area (Å²) in [4.78, 5) is 38.7. The van der Waals surface area contributed by atoms with E-state index in [9.17, 15) is 14.4 Å². The lowest BCUT2D eigenvalue weighted by molar-refractivity contribution is 0.0843. The predicted octanol–water partition coefficient (Wildman–Crippen LogP) is 2.67. The van der Waals surface area contributed by atoms with Gasteiger partial charge >= 0.3 is 0 Å². The minimum atomic E-state index is -0.515. The second kappa shape index (κ2) is 6.78. The quantitative estimate of drug-likeness (QED) is 0.567. The van der Waals surface area contributed by atoms with E-state index in [1.807, 2.05) is 0 Å². The molecule has 0 saturated carbocycles. The van der Waals surface area contributed by atoms with Gasteiger partial charge in [-0.25, -0.2) is 0 Å². The van der Waals surface area contributed by atoms with Crippen LogP contribution in [0.1, 0.15) is 49.4 Å². The number of amides is 2. The molecule has 1 heterocycles. The van der Waals surface area contributed by atoms with Crippen LogP contribution in [0.3, 0.4) is 0 Å². The van der Waals surface area contributed by atoms with Crippen LogP contribution in [0.2, 0.25) is 0 Å². The Balaban J connectivity index is 2.12. The molecule has 6 nitrogen and oxygen atoms in total. The number of carbonyl (C=O) groups is 3. The predicted molar refractivity (Wildman–Crippen MR) is 89.3 cm³/mol. The number of H-pyrrole nitrogens is 1. The van der Waals surface area contributed by atoms with Crippen molar-refractivity contribution >= 4 is 33.5 Å². The molecule has 0 fully saturated rings. The number of carbonyl (C=O) groups excluding carboxylic acids is 3. The van der Waals surface area contributed by atoms with Crippen molar-refractivity contribution in [2.75, 3.05) is 0 Å². The van der Waals surface area contributed by atoms with Crippen molar-refractivity contribution in [3.8, 4) is 0 Å². The first-order valence-electron chi connectivity index (χ1n) is 6.88. The minimum absolute atomic E-state index is 0.118. The average molecular weight is 378 g/mol. The van der Waals surface area contributed by atoms with E-state index in [-0.39, 0.29) is 11.5 Å². The van der Waals surface area contributed by atoms with Crippen molar-refractivity contribution < 1.29 is 14.4 Å². The van der Waals surface area contributed by atoms with Gasteiger partial charge in [-0.05, 0) is 54.4 Å². The lowest BCUT2D eigenvalue weighted by atomic mass is 10.1. The van der Waals surface area contributed by atoms with Gasteiger partial charge in [-0.15, -0.1) is 0 Å². The summed E-state index contributed by atoms with van der Waals surface area (Å²) in [6, 6.07) is 6.87. The van der Waals surface area contributed by atoms with Gasteiger partial charge in [0.1, 0.15) is 5.69 Å². The smallest absolute Gasteiger partial charge is 0.286 e. The van der Waals surface area contributed by atoms with Gasteiger partial charge in [0.2, 0.25) is 0 Å². The topological polar surface area (TPSA) is 91.1 Å². The second-order valence-electron chi connectivity index (χ2n) is 5.07. The first-order chi connectivity index (χ1) is 10.8. The molecule has 0 aliphatic carbocycles. The molecule has 7 heteroatoms. The van der Waals surface area contributed by atoms with Crippen LogP contribution < -0.4 is 10.9 Å². The van der Waals surface area contributed by atoms with Crippen LogP contribution in [0.25, 0.3) is 0 Å². The number of hydrazine groups is 1. The maximum Gasteiger partial charge on any atom is 0.286 e. The third kappa shape index (κ3) is 3.50. The fourth-order valence-corrected chi connectivity index (χ4v) is 2.86. The van der Waals surface area contributed by atoms with Crippen LogP contribution in [0.5, 0.6) is 0 Å². The molecule has 23 heavy (non-hydrogen) atoms. The molecule has 1 aromatic heterocycles. The van der Waals surface area contributed by atoms with Crippen molar-refractivity contribution in [2.24, 2.45) is 0 Å². The highest BCUT2D eigenvalue weighted by Gasteiger charge is 2.20. The molecule has 2 aromatic rings. The molecule has 0 aliphatic heterocycles. The van der Waals surface area contributed by atoms with Crippen molar-refractivity contribution in [3.05, 3.63) is 56.8 Å². The van der Waals surface area contributed by atoms with Crippen LogP contribution in [-0.2, 0) is 0 Å². The van der Waals surface area contributed by atoms with E-state index in [0.29, 0.717) is 26.9 Å². The Labute approximate surface area is 141 Å². The lowest BCUT2D eigenvalue weighted by Crippen LogP contribution is -2.42. The molecule has 0 bridgehead atoms. The standard InChI is InChI=1S/C16H16BrN3O3/c1-8-13(10(3)21)9(2)18-14(8)16(23)20-19-15(22)11-6-4-5-7-12(11)17/h4-7,18H,1-3H3,(H,19,22)(H,20,23). The van der Waals surface area contributed by atoms with Crippen LogP contribution >= 0.6 is 15.9 Å². The second-order valence-corrected chi connectivity index (χ2v) is 5.92. The van der Waals surface area contributed by atoms with Crippen molar-refractivity contribution in [3.63, 3.8) is 0 Å². The van der Waals surface area contributed by atoms with E-state index in [0.717, 1.165) is 0 Å². The molecule has 1 aromatic carbocycles. The fraction of sp³-hybridized carbons (Fsp3) is 0.188. The minimum Gasteiger partial charge on any atom is -0.354 e. The van der Waals surface area contributed by atoms with Gasteiger partial charge in [0, 0.05) is 15.7 Å². The van der Waals surface area contributed by atoms with E-state index in [2.05, 4.69) is 31.8 Å². The van der Waals surface area contributed by atoms with Gasteiger partial charge in [0.25, 0.3) is 11.8 Å². The highest BCUT2D eigenvalue weighted by molar-refractivity contribution is 9.10. The van der Waals surface area contributed by atoms with Crippen molar-refractivity contribution in [1.29, 1.82) is 0 Å². The number of halogens is 1. The van der Waals surface area contributed by atoms with Gasteiger partial charge < -0.3 is 4.98 Å². The van der Waals surface area contributed by atoms with Gasteiger partial charge in [-0.1, -0.05) is 12.1 Å². The summed E-state index contributed by atoms with van der Waals surface area (Å²) in [5.74, 6) is -1.08. The molecule has 2 amide bonds. The van der Waals surface area contributed by atoms with E-state index < -0.39 is 11.8 Å². The van der Waals surface area contributed by atoms with E-state index in [1.165, 1.54) is 6.92 Å². The number of nitrogens with one attached hydrogen (secondary N) is 3. The average Bonchev–Trinajstić information content (AvgIpc) is 2.80. The van der Waals surface area contributed by atoms with Gasteiger partial charge in [-0.3, -0.25) is 25.2 Å². The number of aromatic amines is 1. The molecule has 0 unspecified atom stereocenters. The summed E-state index contributed by atoms with van der Waals surface area (Å²) in [6.45, 7) is 4.85. The molecule has 2 rings (SSSR count). The highest BCUT2D eigenvalue weighted by Crippen LogP contribution is 2.18. The van der Waals surface area contributed by atoms with Crippen LogP contribution in [0.4, 0.5) is 0 Å². The van der Waals surface area contributed by atoms with Crippen molar-refractivity contribution in [2.45, 2.75) is 20.8 Å². The zero-order valence-electron chi connectivity index (χ0n) is 12.9. The zero-order valence-corrected chi connectivity index (χ0v) is 14.5. The Morgan fingerprint density at radius 2 is 1.65 bits per heavy atom. The number of ketones is 1. The molecule has 0 saturated heterocycles. The summed E-state index contributed by atoms with van der Waals surface area (Å²) < 4.78 is 0.623. The van der Waals surface area contributed by atoms with Crippen molar-refractivity contribution in [1.82, 2.24) is 15.8 Å². The van der Waals surface area contributed by atoms with Gasteiger partial charge in [0.15, 0.2) is 5.78 Å². The van der Waals surface area contributed by atoms with E-state index in [4.69, 9.17) is 0 Å². The summed E-state index contributed by atoms with van der Waals surface area (Å²) in [6.07, 6.45) is 0. The molecular weight excluding hydrogens is 362 g/mol. The lowest BCUT2D eigenvalue weighted by Gasteiger charge is -2.08. The first-order valence-corrected chi connectivity index (χ1v) is 7.67. The number of rotatable bonds is 3. The summed E-state index contributed by atoms with van der Waals surface area (Å²) in [5, 5.41) is 0. The zero-order chi connectivity index (χ0) is 17.1. The number of Topliss-reactive ketones (excluding diaryl/α,β-unsaturated/α-hetero) is 1. The van der Waals surface area contributed by atoms with E-state index in [1.54, 1.807) is 38.1 Å².